The number of hydrogen-bond donors (Lipinski definition) is 2. The van der Waals surface area contributed by atoms with Crippen LogP contribution in [0.15, 0.2) is 60.9 Å². The molecule has 122 valence electrons. The molecule has 3 aromatic rings. The molecule has 0 radical (unpaired) electrons. The van der Waals surface area contributed by atoms with Crippen LogP contribution in [0.1, 0.15) is 5.56 Å². The molecule has 6 nitrogen and oxygen atoms in total. The molecule has 24 heavy (non-hydrogen) atoms. The van der Waals surface area contributed by atoms with E-state index < -0.39 is 0 Å². The number of carbonyl (C=O) groups excluding carboxylic acids is 1. The topological polar surface area (TPSA) is 71.8 Å². The number of nitrogens with zero attached hydrogens (tertiary/aromatic N) is 3. The quantitative estimate of drug-likeness (QED) is 0.722. The van der Waals surface area contributed by atoms with E-state index in [1.54, 1.807) is 6.20 Å². The highest BCUT2D eigenvalue weighted by Gasteiger charge is 2.07. The molecule has 0 aliphatic rings. The van der Waals surface area contributed by atoms with Gasteiger partial charge in [0.1, 0.15) is 6.54 Å². The van der Waals surface area contributed by atoms with Crippen LogP contribution in [0.3, 0.4) is 0 Å². The first-order valence-corrected chi connectivity index (χ1v) is 7.80. The highest BCUT2D eigenvalue weighted by Crippen LogP contribution is 2.22. The zero-order valence-corrected chi connectivity index (χ0v) is 13.6. The Morgan fingerprint density at radius 2 is 1.83 bits per heavy atom. The number of halogens is 1. The molecular weight excluding hydrogens is 326 g/mol. The monoisotopic (exact) mass is 341 g/mol. The van der Waals surface area contributed by atoms with Crippen molar-refractivity contribution in [3.8, 4) is 0 Å². The Hall–Kier alpha value is -2.86. The van der Waals surface area contributed by atoms with E-state index in [1.807, 2.05) is 48.5 Å². The van der Waals surface area contributed by atoms with Crippen LogP contribution in [-0.4, -0.2) is 20.9 Å². The number of rotatable bonds is 6. The van der Waals surface area contributed by atoms with Gasteiger partial charge in [0.15, 0.2) is 0 Å². The number of hydrogen-bond acceptors (Lipinski definition) is 4. The van der Waals surface area contributed by atoms with E-state index in [0.717, 1.165) is 16.9 Å². The van der Waals surface area contributed by atoms with E-state index in [9.17, 15) is 4.79 Å². The molecule has 0 fully saturated rings. The Morgan fingerprint density at radius 1 is 1.08 bits per heavy atom. The van der Waals surface area contributed by atoms with Crippen LogP contribution < -0.4 is 10.6 Å². The molecule has 0 unspecified atom stereocenters. The first-order chi connectivity index (χ1) is 11.7. The van der Waals surface area contributed by atoms with Crippen LogP contribution in [0.4, 0.5) is 11.4 Å². The summed E-state index contributed by atoms with van der Waals surface area (Å²) >= 11 is 5.89. The van der Waals surface area contributed by atoms with Crippen molar-refractivity contribution < 1.29 is 4.79 Å². The second-order valence-corrected chi connectivity index (χ2v) is 5.61. The summed E-state index contributed by atoms with van der Waals surface area (Å²) in [5.74, 6) is -0.166. The molecule has 0 aliphatic carbocycles. The van der Waals surface area contributed by atoms with Crippen molar-refractivity contribution in [2.45, 2.75) is 13.1 Å². The van der Waals surface area contributed by atoms with Crippen molar-refractivity contribution in [3.05, 3.63) is 71.5 Å². The van der Waals surface area contributed by atoms with Gasteiger partial charge >= 0.3 is 0 Å². The van der Waals surface area contributed by atoms with Crippen molar-refractivity contribution in [1.82, 2.24) is 15.0 Å². The van der Waals surface area contributed by atoms with Gasteiger partial charge in [0, 0.05) is 17.8 Å². The normalized spacial score (nSPS) is 10.4. The summed E-state index contributed by atoms with van der Waals surface area (Å²) in [4.78, 5) is 12.1. The molecule has 1 heterocycles. The fourth-order valence-electron chi connectivity index (χ4n) is 2.20. The lowest BCUT2D eigenvalue weighted by atomic mass is 10.2. The molecule has 1 aromatic heterocycles. The number of benzene rings is 2. The van der Waals surface area contributed by atoms with Gasteiger partial charge in [-0.3, -0.25) is 4.79 Å². The van der Waals surface area contributed by atoms with Gasteiger partial charge in [-0.05, 0) is 29.8 Å². The third-order valence-corrected chi connectivity index (χ3v) is 3.63. The average molecular weight is 342 g/mol. The number of nitrogens with one attached hydrogen (secondary N) is 2. The average Bonchev–Trinajstić information content (AvgIpc) is 3.08. The maximum atomic E-state index is 12.1. The Kier molecular flexibility index (Phi) is 5.08. The van der Waals surface area contributed by atoms with E-state index in [4.69, 9.17) is 11.6 Å². The predicted octanol–water partition coefficient (Wildman–Crippen LogP) is 3.18. The summed E-state index contributed by atoms with van der Waals surface area (Å²) in [6, 6.07) is 15.2. The molecular formula is C17H16ClN5O. The van der Waals surface area contributed by atoms with E-state index in [1.165, 1.54) is 10.9 Å². The van der Waals surface area contributed by atoms with Crippen molar-refractivity contribution in [1.29, 1.82) is 0 Å². The smallest absolute Gasteiger partial charge is 0.246 e. The summed E-state index contributed by atoms with van der Waals surface area (Å²) < 4.78 is 1.47. The van der Waals surface area contributed by atoms with Crippen LogP contribution in [-0.2, 0) is 17.9 Å². The molecule has 0 atom stereocenters. The minimum absolute atomic E-state index is 0.117. The fraction of sp³-hybridized carbons (Fsp3) is 0.118. The Bertz CT molecular complexity index is 802. The minimum atomic E-state index is -0.166. The summed E-state index contributed by atoms with van der Waals surface area (Å²) in [5, 5.41) is 14.4. The van der Waals surface area contributed by atoms with Gasteiger partial charge in [-0.25, -0.2) is 4.68 Å². The number of amides is 1. The summed E-state index contributed by atoms with van der Waals surface area (Å²) in [5.41, 5.74) is 2.67. The van der Waals surface area contributed by atoms with Gasteiger partial charge < -0.3 is 10.6 Å². The van der Waals surface area contributed by atoms with E-state index in [0.29, 0.717) is 11.6 Å². The molecule has 1 amide bonds. The second-order valence-electron chi connectivity index (χ2n) is 5.17. The van der Waals surface area contributed by atoms with Crippen LogP contribution in [0.2, 0.25) is 5.02 Å². The Morgan fingerprint density at radius 3 is 2.54 bits per heavy atom. The van der Waals surface area contributed by atoms with Crippen molar-refractivity contribution in [3.63, 3.8) is 0 Å². The van der Waals surface area contributed by atoms with Crippen molar-refractivity contribution in [2.24, 2.45) is 0 Å². The molecule has 0 bridgehead atoms. The van der Waals surface area contributed by atoms with Gasteiger partial charge in [-0.1, -0.05) is 41.1 Å². The minimum Gasteiger partial charge on any atom is -0.379 e. The van der Waals surface area contributed by atoms with E-state index in [2.05, 4.69) is 20.9 Å². The lowest BCUT2D eigenvalue weighted by Crippen LogP contribution is -2.20. The molecule has 3 rings (SSSR count). The molecule has 0 aliphatic heterocycles. The molecule has 7 heteroatoms. The standard InChI is InChI=1S/C17H16ClN5O/c18-14-7-5-13(6-8-14)11-19-15-3-1-2-4-16(15)21-17(24)12-23-10-9-20-22-23/h1-10,19H,11-12H2,(H,21,24). The van der Waals surface area contributed by atoms with Gasteiger partial charge in [0.25, 0.3) is 0 Å². The van der Waals surface area contributed by atoms with Crippen LogP contribution in [0.25, 0.3) is 0 Å². The van der Waals surface area contributed by atoms with E-state index in [-0.39, 0.29) is 12.5 Å². The van der Waals surface area contributed by atoms with E-state index >= 15 is 0 Å². The second kappa shape index (κ2) is 7.61. The van der Waals surface area contributed by atoms with Gasteiger partial charge in [-0.15, -0.1) is 5.10 Å². The maximum Gasteiger partial charge on any atom is 0.246 e. The van der Waals surface area contributed by atoms with Gasteiger partial charge in [0.2, 0.25) is 5.91 Å². The lowest BCUT2D eigenvalue weighted by Gasteiger charge is -2.13. The Labute approximate surface area is 144 Å². The summed E-state index contributed by atoms with van der Waals surface area (Å²) in [6.45, 7) is 0.749. The number of carbonyl (C=O) groups is 1. The van der Waals surface area contributed by atoms with Crippen LogP contribution in [0.5, 0.6) is 0 Å². The number of para-hydroxylation sites is 2. The SMILES string of the molecule is O=C(Cn1ccnn1)Nc1ccccc1NCc1ccc(Cl)cc1. The Balaban J connectivity index is 1.64. The van der Waals surface area contributed by atoms with Crippen LogP contribution >= 0.6 is 11.6 Å². The first kappa shape index (κ1) is 16.0. The number of aromatic nitrogens is 3. The molecule has 2 N–H and O–H groups in total. The highest BCUT2D eigenvalue weighted by atomic mass is 35.5. The zero-order chi connectivity index (χ0) is 16.8. The van der Waals surface area contributed by atoms with Crippen molar-refractivity contribution in [2.75, 3.05) is 10.6 Å². The number of anilines is 2. The summed E-state index contributed by atoms with van der Waals surface area (Å²) in [6.07, 6.45) is 3.18. The fourth-order valence-corrected chi connectivity index (χ4v) is 2.33. The van der Waals surface area contributed by atoms with Gasteiger partial charge in [-0.2, -0.15) is 0 Å². The summed E-state index contributed by atoms with van der Waals surface area (Å²) in [7, 11) is 0. The predicted molar refractivity (Wildman–Crippen MR) is 93.9 cm³/mol. The molecule has 2 aromatic carbocycles. The first-order valence-electron chi connectivity index (χ1n) is 7.42. The lowest BCUT2D eigenvalue weighted by molar-refractivity contribution is -0.116. The van der Waals surface area contributed by atoms with Crippen LogP contribution in [0, 0.1) is 0 Å². The third kappa shape index (κ3) is 4.33. The highest BCUT2D eigenvalue weighted by molar-refractivity contribution is 6.30. The largest absolute Gasteiger partial charge is 0.379 e. The van der Waals surface area contributed by atoms with Gasteiger partial charge in [0.05, 0.1) is 17.6 Å². The zero-order valence-electron chi connectivity index (χ0n) is 12.8. The van der Waals surface area contributed by atoms with Crippen molar-refractivity contribution >= 4 is 28.9 Å². The maximum absolute atomic E-state index is 12.1. The molecule has 0 spiro atoms. The third-order valence-electron chi connectivity index (χ3n) is 3.37. The molecule has 0 saturated heterocycles. The molecule has 0 saturated carbocycles.